The number of H-pyrrole nitrogens is 1. The average molecular weight is 217 g/mol. The van der Waals surface area contributed by atoms with Crippen LogP contribution in [0.4, 0.5) is 0 Å². The highest BCUT2D eigenvalue weighted by Crippen LogP contribution is 2.19. The van der Waals surface area contributed by atoms with E-state index in [4.69, 9.17) is 10.5 Å². The molecule has 0 fully saturated rings. The zero-order chi connectivity index (χ0) is 11.4. The molecule has 1 aromatic heterocycles. The first-order valence-corrected chi connectivity index (χ1v) is 4.79. The Bertz CT molecular complexity index is 516. The van der Waals surface area contributed by atoms with Gasteiger partial charge in [-0.3, -0.25) is 0 Å². The third-order valence-corrected chi connectivity index (χ3v) is 2.02. The molecule has 0 aliphatic carbocycles. The maximum atomic E-state index is 10.7. The monoisotopic (exact) mass is 217 g/mol. The second kappa shape index (κ2) is 4.59. The lowest BCUT2D eigenvalue weighted by molar-refractivity contribution is 0.476. The van der Waals surface area contributed by atoms with Crippen LogP contribution in [-0.2, 0) is 6.54 Å². The largest absolute Gasteiger partial charge is 0.454 e. The van der Waals surface area contributed by atoms with Crippen molar-refractivity contribution in [2.75, 3.05) is 0 Å². The number of hydrogen-bond acceptors (Lipinski definition) is 4. The van der Waals surface area contributed by atoms with Gasteiger partial charge in [-0.15, -0.1) is 0 Å². The maximum absolute atomic E-state index is 10.7. The second-order valence-electron chi connectivity index (χ2n) is 3.21. The van der Waals surface area contributed by atoms with Gasteiger partial charge in [-0.1, -0.05) is 12.1 Å². The molecule has 0 saturated heterocycles. The molecule has 0 amide bonds. The molecular weight excluding hydrogens is 206 g/mol. The summed E-state index contributed by atoms with van der Waals surface area (Å²) >= 11 is 0. The molecule has 2 rings (SSSR count). The van der Waals surface area contributed by atoms with E-state index in [1.54, 1.807) is 0 Å². The first-order chi connectivity index (χ1) is 7.78. The fraction of sp³-hybridized carbons (Fsp3) is 0.0909. The first-order valence-electron chi connectivity index (χ1n) is 4.79. The predicted molar refractivity (Wildman–Crippen MR) is 59.3 cm³/mol. The Kier molecular flexibility index (Phi) is 2.98. The van der Waals surface area contributed by atoms with E-state index in [0.29, 0.717) is 18.0 Å². The SMILES string of the molecule is NCc1cccc(Oc2cnc(=O)[nH]c2)c1. The highest BCUT2D eigenvalue weighted by molar-refractivity contribution is 5.31. The van der Waals surface area contributed by atoms with Crippen molar-refractivity contribution in [2.45, 2.75) is 6.54 Å². The molecule has 5 heteroatoms. The van der Waals surface area contributed by atoms with Gasteiger partial charge in [0.2, 0.25) is 0 Å². The van der Waals surface area contributed by atoms with E-state index in [0.717, 1.165) is 5.56 Å². The summed E-state index contributed by atoms with van der Waals surface area (Å²) in [5, 5.41) is 0. The van der Waals surface area contributed by atoms with Crippen LogP contribution in [0, 0.1) is 0 Å². The van der Waals surface area contributed by atoms with Crippen molar-refractivity contribution >= 4 is 0 Å². The molecule has 3 N–H and O–H groups in total. The molecule has 0 saturated carbocycles. The summed E-state index contributed by atoms with van der Waals surface area (Å²) in [7, 11) is 0. The number of ether oxygens (including phenoxy) is 1. The summed E-state index contributed by atoms with van der Waals surface area (Å²) in [5.41, 5.74) is 6.10. The standard InChI is InChI=1S/C11H11N3O2/c12-5-8-2-1-3-9(4-8)16-10-6-13-11(15)14-7-10/h1-4,6-7H,5,12H2,(H,13,14,15). The minimum absolute atomic E-state index is 0.400. The van der Waals surface area contributed by atoms with Crippen molar-refractivity contribution in [1.29, 1.82) is 0 Å². The van der Waals surface area contributed by atoms with Crippen LogP contribution in [0.5, 0.6) is 11.5 Å². The van der Waals surface area contributed by atoms with Gasteiger partial charge < -0.3 is 15.5 Å². The van der Waals surface area contributed by atoms with Gasteiger partial charge in [0.1, 0.15) is 5.75 Å². The van der Waals surface area contributed by atoms with Crippen LogP contribution in [0.25, 0.3) is 0 Å². The summed E-state index contributed by atoms with van der Waals surface area (Å²) in [6.07, 6.45) is 2.83. The van der Waals surface area contributed by atoms with Gasteiger partial charge in [0.15, 0.2) is 5.75 Å². The van der Waals surface area contributed by atoms with Crippen molar-refractivity contribution in [3.8, 4) is 11.5 Å². The van der Waals surface area contributed by atoms with Crippen LogP contribution >= 0.6 is 0 Å². The van der Waals surface area contributed by atoms with Crippen molar-refractivity contribution < 1.29 is 4.74 Å². The molecule has 0 unspecified atom stereocenters. The number of rotatable bonds is 3. The van der Waals surface area contributed by atoms with E-state index in [1.807, 2.05) is 24.3 Å². The number of hydrogen-bond donors (Lipinski definition) is 2. The Morgan fingerprint density at radius 3 is 2.94 bits per heavy atom. The van der Waals surface area contributed by atoms with Gasteiger partial charge in [0, 0.05) is 6.54 Å². The van der Waals surface area contributed by atoms with E-state index in [9.17, 15) is 4.79 Å². The smallest absolute Gasteiger partial charge is 0.345 e. The van der Waals surface area contributed by atoms with Crippen molar-refractivity contribution in [3.63, 3.8) is 0 Å². The molecule has 0 atom stereocenters. The molecular formula is C11H11N3O2. The molecule has 0 bridgehead atoms. The normalized spacial score (nSPS) is 10.1. The van der Waals surface area contributed by atoms with Crippen LogP contribution in [0.2, 0.25) is 0 Å². The molecule has 16 heavy (non-hydrogen) atoms. The Hall–Kier alpha value is -2.14. The van der Waals surface area contributed by atoms with E-state index in [2.05, 4.69) is 9.97 Å². The van der Waals surface area contributed by atoms with Gasteiger partial charge in [-0.25, -0.2) is 4.79 Å². The Morgan fingerprint density at radius 1 is 1.38 bits per heavy atom. The Balaban J connectivity index is 2.20. The van der Waals surface area contributed by atoms with E-state index < -0.39 is 5.69 Å². The lowest BCUT2D eigenvalue weighted by Crippen LogP contribution is -2.07. The molecule has 0 radical (unpaired) electrons. The van der Waals surface area contributed by atoms with Gasteiger partial charge >= 0.3 is 5.69 Å². The molecule has 0 aliphatic rings. The quantitative estimate of drug-likeness (QED) is 0.804. The van der Waals surface area contributed by atoms with Crippen molar-refractivity contribution in [1.82, 2.24) is 9.97 Å². The number of nitrogens with zero attached hydrogens (tertiary/aromatic N) is 1. The number of nitrogens with two attached hydrogens (primary N) is 1. The van der Waals surface area contributed by atoms with Crippen molar-refractivity contribution in [3.05, 3.63) is 52.7 Å². The van der Waals surface area contributed by atoms with Crippen LogP contribution in [0.3, 0.4) is 0 Å². The molecule has 1 aromatic carbocycles. The van der Waals surface area contributed by atoms with Crippen LogP contribution in [0.1, 0.15) is 5.56 Å². The minimum atomic E-state index is -0.400. The van der Waals surface area contributed by atoms with E-state index >= 15 is 0 Å². The van der Waals surface area contributed by atoms with Crippen LogP contribution < -0.4 is 16.2 Å². The van der Waals surface area contributed by atoms with Crippen LogP contribution in [-0.4, -0.2) is 9.97 Å². The van der Waals surface area contributed by atoms with Crippen LogP contribution in [0.15, 0.2) is 41.5 Å². The molecule has 2 aromatic rings. The average Bonchev–Trinajstić information content (AvgIpc) is 2.32. The summed E-state index contributed by atoms with van der Waals surface area (Å²) in [6, 6.07) is 7.42. The number of aromatic amines is 1. The summed E-state index contributed by atoms with van der Waals surface area (Å²) in [5.74, 6) is 1.14. The predicted octanol–water partition coefficient (Wildman–Crippen LogP) is 1.02. The second-order valence-corrected chi connectivity index (χ2v) is 3.21. The van der Waals surface area contributed by atoms with E-state index in [-0.39, 0.29) is 0 Å². The lowest BCUT2D eigenvalue weighted by Gasteiger charge is -2.05. The van der Waals surface area contributed by atoms with E-state index in [1.165, 1.54) is 12.4 Å². The highest BCUT2D eigenvalue weighted by atomic mass is 16.5. The first kappa shape index (κ1) is 10.4. The zero-order valence-electron chi connectivity index (χ0n) is 8.51. The zero-order valence-corrected chi connectivity index (χ0v) is 8.51. The van der Waals surface area contributed by atoms with Gasteiger partial charge in [0.25, 0.3) is 0 Å². The summed E-state index contributed by atoms with van der Waals surface area (Å²) in [6.45, 7) is 0.459. The molecule has 0 spiro atoms. The van der Waals surface area contributed by atoms with Crippen molar-refractivity contribution in [2.24, 2.45) is 5.73 Å². The fourth-order valence-corrected chi connectivity index (χ4v) is 1.26. The van der Waals surface area contributed by atoms with Gasteiger partial charge in [-0.05, 0) is 17.7 Å². The number of nitrogens with one attached hydrogen (secondary N) is 1. The third kappa shape index (κ3) is 2.46. The number of aromatic nitrogens is 2. The maximum Gasteiger partial charge on any atom is 0.345 e. The lowest BCUT2D eigenvalue weighted by atomic mass is 10.2. The van der Waals surface area contributed by atoms with Gasteiger partial charge in [-0.2, -0.15) is 4.98 Å². The fourth-order valence-electron chi connectivity index (χ4n) is 1.26. The third-order valence-electron chi connectivity index (χ3n) is 2.02. The van der Waals surface area contributed by atoms with Gasteiger partial charge in [0.05, 0.1) is 12.4 Å². The minimum Gasteiger partial charge on any atom is -0.454 e. The molecule has 0 aliphatic heterocycles. The summed E-state index contributed by atoms with van der Waals surface area (Å²) in [4.78, 5) is 16.7. The summed E-state index contributed by atoms with van der Waals surface area (Å²) < 4.78 is 5.49. The molecule has 5 nitrogen and oxygen atoms in total. The Morgan fingerprint density at radius 2 is 2.25 bits per heavy atom. The molecule has 1 heterocycles. The topological polar surface area (TPSA) is 81.0 Å². The highest BCUT2D eigenvalue weighted by Gasteiger charge is 1.98. The molecule has 82 valence electrons. The Labute approximate surface area is 91.9 Å². The number of benzene rings is 1.